The van der Waals surface area contributed by atoms with Crippen LogP contribution in [0.4, 0.5) is 0 Å². The van der Waals surface area contributed by atoms with Gasteiger partial charge < -0.3 is 9.64 Å². The molecule has 2 rings (SSSR count). The predicted molar refractivity (Wildman–Crippen MR) is 87.8 cm³/mol. The van der Waals surface area contributed by atoms with Gasteiger partial charge in [-0.1, -0.05) is 34.1 Å². The van der Waals surface area contributed by atoms with Crippen LogP contribution in [0.5, 0.6) is 5.75 Å². The molecule has 2 aromatic carbocycles. The zero-order chi connectivity index (χ0) is 15.2. The summed E-state index contributed by atoms with van der Waals surface area (Å²) >= 11 is 3.38. The van der Waals surface area contributed by atoms with Gasteiger partial charge in [-0.2, -0.15) is 0 Å². The standard InChI is InChI=1S/C17H18BrNO2/c1-13-5-3-4-6-16(13)17(20)19(2)11-12-21-15-9-7-14(18)8-10-15/h3-10H,11-12H2,1-2H3. The molecule has 2 aromatic rings. The second-order valence-electron chi connectivity index (χ2n) is 4.84. The molecule has 0 aliphatic heterocycles. The van der Waals surface area contributed by atoms with Gasteiger partial charge in [-0.15, -0.1) is 0 Å². The Kier molecular flexibility index (Phi) is 5.39. The fourth-order valence-corrected chi connectivity index (χ4v) is 2.22. The molecule has 0 aliphatic carbocycles. The van der Waals surface area contributed by atoms with Gasteiger partial charge in [0.1, 0.15) is 12.4 Å². The first-order chi connectivity index (χ1) is 10.1. The fraction of sp³-hybridized carbons (Fsp3) is 0.235. The lowest BCUT2D eigenvalue weighted by molar-refractivity contribution is 0.0773. The second-order valence-corrected chi connectivity index (χ2v) is 5.76. The van der Waals surface area contributed by atoms with Gasteiger partial charge in [-0.3, -0.25) is 4.79 Å². The van der Waals surface area contributed by atoms with Gasteiger partial charge in [0.2, 0.25) is 0 Å². The van der Waals surface area contributed by atoms with E-state index in [-0.39, 0.29) is 5.91 Å². The molecule has 0 saturated carbocycles. The summed E-state index contributed by atoms with van der Waals surface area (Å²) in [5.74, 6) is 0.822. The predicted octanol–water partition coefficient (Wildman–Crippen LogP) is 3.91. The van der Waals surface area contributed by atoms with E-state index in [0.29, 0.717) is 13.2 Å². The number of ether oxygens (including phenoxy) is 1. The van der Waals surface area contributed by atoms with Crippen LogP contribution in [0.3, 0.4) is 0 Å². The Morgan fingerprint density at radius 3 is 2.48 bits per heavy atom. The van der Waals surface area contributed by atoms with Crippen molar-refractivity contribution in [3.8, 4) is 5.75 Å². The Labute approximate surface area is 133 Å². The Bertz CT molecular complexity index is 610. The zero-order valence-corrected chi connectivity index (χ0v) is 13.8. The number of carbonyl (C=O) groups excluding carboxylic acids is 1. The Hall–Kier alpha value is -1.81. The average molecular weight is 348 g/mol. The minimum Gasteiger partial charge on any atom is -0.492 e. The van der Waals surface area contributed by atoms with Crippen molar-refractivity contribution < 1.29 is 9.53 Å². The van der Waals surface area contributed by atoms with Gasteiger partial charge in [-0.05, 0) is 42.8 Å². The van der Waals surface area contributed by atoms with Crippen molar-refractivity contribution >= 4 is 21.8 Å². The summed E-state index contributed by atoms with van der Waals surface area (Å²) in [6, 6.07) is 15.3. The molecule has 0 fully saturated rings. The molecule has 0 saturated heterocycles. The summed E-state index contributed by atoms with van der Waals surface area (Å²) in [5, 5.41) is 0. The molecule has 0 radical (unpaired) electrons. The fourth-order valence-electron chi connectivity index (χ4n) is 1.95. The lowest BCUT2D eigenvalue weighted by Crippen LogP contribution is -2.31. The molecule has 4 heteroatoms. The number of nitrogens with zero attached hydrogens (tertiary/aromatic N) is 1. The summed E-state index contributed by atoms with van der Waals surface area (Å²) < 4.78 is 6.65. The smallest absolute Gasteiger partial charge is 0.253 e. The molecule has 1 amide bonds. The molecule has 0 aliphatic rings. The Balaban J connectivity index is 1.87. The van der Waals surface area contributed by atoms with Crippen LogP contribution in [-0.2, 0) is 0 Å². The maximum absolute atomic E-state index is 12.3. The normalized spacial score (nSPS) is 10.2. The number of hydrogen-bond acceptors (Lipinski definition) is 2. The molecule has 0 N–H and O–H groups in total. The quantitative estimate of drug-likeness (QED) is 0.820. The molecular weight excluding hydrogens is 330 g/mol. The maximum Gasteiger partial charge on any atom is 0.253 e. The molecule has 0 unspecified atom stereocenters. The lowest BCUT2D eigenvalue weighted by Gasteiger charge is -2.18. The molecule has 3 nitrogen and oxygen atoms in total. The largest absolute Gasteiger partial charge is 0.492 e. The van der Waals surface area contributed by atoms with E-state index in [1.165, 1.54) is 0 Å². The van der Waals surface area contributed by atoms with Crippen molar-refractivity contribution in [1.29, 1.82) is 0 Å². The Morgan fingerprint density at radius 2 is 1.81 bits per heavy atom. The highest BCUT2D eigenvalue weighted by atomic mass is 79.9. The molecule has 0 heterocycles. The summed E-state index contributed by atoms with van der Waals surface area (Å²) in [5.41, 5.74) is 1.73. The SMILES string of the molecule is Cc1ccccc1C(=O)N(C)CCOc1ccc(Br)cc1. The number of amides is 1. The molecule has 0 spiro atoms. The number of likely N-dealkylation sites (N-methyl/N-ethyl adjacent to an activating group) is 1. The topological polar surface area (TPSA) is 29.5 Å². The van der Waals surface area contributed by atoms with Gasteiger partial charge in [0, 0.05) is 17.1 Å². The lowest BCUT2D eigenvalue weighted by atomic mass is 10.1. The van der Waals surface area contributed by atoms with Crippen LogP contribution in [0.1, 0.15) is 15.9 Å². The van der Waals surface area contributed by atoms with Crippen molar-refractivity contribution in [3.63, 3.8) is 0 Å². The van der Waals surface area contributed by atoms with Gasteiger partial charge in [0.25, 0.3) is 5.91 Å². The number of carbonyl (C=O) groups is 1. The van der Waals surface area contributed by atoms with Gasteiger partial charge >= 0.3 is 0 Å². The van der Waals surface area contributed by atoms with Crippen LogP contribution in [0, 0.1) is 6.92 Å². The van der Waals surface area contributed by atoms with Gasteiger partial charge in [0.05, 0.1) is 6.54 Å². The molecule has 0 bridgehead atoms. The zero-order valence-electron chi connectivity index (χ0n) is 12.2. The molecule has 0 atom stereocenters. The van der Waals surface area contributed by atoms with E-state index in [1.807, 2.05) is 55.5 Å². The van der Waals surface area contributed by atoms with Crippen LogP contribution < -0.4 is 4.74 Å². The highest BCUT2D eigenvalue weighted by molar-refractivity contribution is 9.10. The number of aryl methyl sites for hydroxylation is 1. The molecule has 110 valence electrons. The maximum atomic E-state index is 12.3. The van der Waals surface area contributed by atoms with Crippen molar-refractivity contribution in [2.75, 3.05) is 20.2 Å². The van der Waals surface area contributed by atoms with Crippen LogP contribution in [0.25, 0.3) is 0 Å². The number of rotatable bonds is 5. The van der Waals surface area contributed by atoms with Crippen molar-refractivity contribution in [3.05, 3.63) is 64.1 Å². The summed E-state index contributed by atoms with van der Waals surface area (Å²) in [6.07, 6.45) is 0. The summed E-state index contributed by atoms with van der Waals surface area (Å²) in [7, 11) is 1.79. The van der Waals surface area contributed by atoms with E-state index in [4.69, 9.17) is 4.74 Å². The average Bonchev–Trinajstić information content (AvgIpc) is 2.49. The minimum absolute atomic E-state index is 0.0208. The van der Waals surface area contributed by atoms with Crippen LogP contribution >= 0.6 is 15.9 Å². The highest BCUT2D eigenvalue weighted by Crippen LogP contribution is 2.16. The molecule has 0 aromatic heterocycles. The first-order valence-corrected chi connectivity index (χ1v) is 7.56. The van der Waals surface area contributed by atoms with Gasteiger partial charge in [0.15, 0.2) is 0 Å². The van der Waals surface area contributed by atoms with E-state index in [9.17, 15) is 4.79 Å². The third-order valence-corrected chi connectivity index (χ3v) is 3.76. The van der Waals surface area contributed by atoms with Crippen LogP contribution in [-0.4, -0.2) is 31.0 Å². The highest BCUT2D eigenvalue weighted by Gasteiger charge is 2.13. The minimum atomic E-state index is 0.0208. The van der Waals surface area contributed by atoms with E-state index in [1.54, 1.807) is 11.9 Å². The number of benzene rings is 2. The van der Waals surface area contributed by atoms with E-state index in [2.05, 4.69) is 15.9 Å². The third kappa shape index (κ3) is 4.33. The number of halogens is 1. The number of hydrogen-bond donors (Lipinski definition) is 0. The molecule has 21 heavy (non-hydrogen) atoms. The first kappa shape index (κ1) is 15.6. The van der Waals surface area contributed by atoms with Crippen LogP contribution in [0.2, 0.25) is 0 Å². The van der Waals surface area contributed by atoms with Crippen molar-refractivity contribution in [2.45, 2.75) is 6.92 Å². The van der Waals surface area contributed by atoms with E-state index < -0.39 is 0 Å². The van der Waals surface area contributed by atoms with Crippen molar-refractivity contribution in [2.24, 2.45) is 0 Å². The monoisotopic (exact) mass is 347 g/mol. The summed E-state index contributed by atoms with van der Waals surface area (Å²) in [6.45, 7) is 2.96. The first-order valence-electron chi connectivity index (χ1n) is 6.77. The van der Waals surface area contributed by atoms with Gasteiger partial charge in [-0.25, -0.2) is 0 Å². The molecular formula is C17H18BrNO2. The van der Waals surface area contributed by atoms with Crippen molar-refractivity contribution in [1.82, 2.24) is 4.90 Å². The second kappa shape index (κ2) is 7.27. The third-order valence-electron chi connectivity index (χ3n) is 3.23. The van der Waals surface area contributed by atoms with E-state index >= 15 is 0 Å². The van der Waals surface area contributed by atoms with E-state index in [0.717, 1.165) is 21.3 Å². The Morgan fingerprint density at radius 1 is 1.14 bits per heavy atom. The van der Waals surface area contributed by atoms with Crippen LogP contribution in [0.15, 0.2) is 53.0 Å². The summed E-state index contributed by atoms with van der Waals surface area (Å²) in [4.78, 5) is 14.0.